The molecule has 4 saturated carbocycles. The molecule has 8 atom stereocenters. The van der Waals surface area contributed by atoms with E-state index in [1.807, 2.05) is 32.0 Å². The zero-order valence-electron chi connectivity index (χ0n) is 18.1. The number of fused-ring (bicyclic) bond motifs is 3. The lowest BCUT2D eigenvalue weighted by Gasteiger charge is -2.43. The Kier molecular flexibility index (Phi) is 4.80. The molecule has 0 aliphatic heterocycles. The third-order valence-corrected chi connectivity index (χ3v) is 8.81. The van der Waals surface area contributed by atoms with Crippen LogP contribution < -0.4 is 5.32 Å². The molecule has 0 saturated heterocycles. The number of Topliss-reactive ketones (excluding diaryl/α,β-unsaturated/α-hetero) is 1. The van der Waals surface area contributed by atoms with Crippen LogP contribution in [0.3, 0.4) is 0 Å². The van der Waals surface area contributed by atoms with Crippen molar-refractivity contribution < 1.29 is 9.59 Å². The Balaban J connectivity index is 1.58. The summed E-state index contributed by atoms with van der Waals surface area (Å²) >= 11 is 0. The van der Waals surface area contributed by atoms with E-state index in [4.69, 9.17) is 6.42 Å². The largest absolute Gasteiger partial charge is 0.340 e. The normalized spacial score (nSPS) is 39.7. The number of rotatable bonds is 3. The van der Waals surface area contributed by atoms with Crippen LogP contribution in [0, 0.1) is 53.8 Å². The fourth-order valence-electron chi connectivity index (χ4n) is 7.92. The summed E-state index contributed by atoms with van der Waals surface area (Å²) in [5.41, 5.74) is 0.364. The van der Waals surface area contributed by atoms with Gasteiger partial charge in [0.05, 0.1) is 5.54 Å². The van der Waals surface area contributed by atoms with Crippen molar-refractivity contribution in [2.45, 2.75) is 63.8 Å². The lowest BCUT2D eigenvalue weighted by molar-refractivity contribution is -0.135. The average molecular weight is 404 g/mol. The van der Waals surface area contributed by atoms with Gasteiger partial charge in [-0.2, -0.15) is 0 Å². The Bertz CT molecular complexity index is 880. The maximum Gasteiger partial charge on any atom is 0.232 e. The summed E-state index contributed by atoms with van der Waals surface area (Å²) in [6, 6.07) is 10.2. The van der Waals surface area contributed by atoms with E-state index in [1.54, 1.807) is 0 Å². The molecule has 3 heteroatoms. The van der Waals surface area contributed by atoms with E-state index in [1.165, 1.54) is 38.5 Å². The second kappa shape index (κ2) is 7.26. The molecule has 0 bridgehead atoms. The average Bonchev–Trinajstić information content (AvgIpc) is 3.22. The quantitative estimate of drug-likeness (QED) is 0.593. The van der Waals surface area contributed by atoms with Gasteiger partial charge in [0.15, 0.2) is 5.78 Å². The minimum absolute atomic E-state index is 0.132. The maximum atomic E-state index is 13.9. The molecule has 3 nitrogen and oxygen atoms in total. The molecule has 0 aromatic heterocycles. The fourth-order valence-corrected chi connectivity index (χ4v) is 7.92. The monoisotopic (exact) mass is 403 g/mol. The van der Waals surface area contributed by atoms with Crippen molar-refractivity contribution >= 4 is 11.7 Å². The van der Waals surface area contributed by atoms with Gasteiger partial charge in [-0.3, -0.25) is 9.59 Å². The Morgan fingerprint density at radius 1 is 1.00 bits per heavy atom. The van der Waals surface area contributed by atoms with Gasteiger partial charge >= 0.3 is 0 Å². The lowest BCUT2D eigenvalue weighted by Crippen LogP contribution is -2.48. The minimum atomic E-state index is -0.738. The first-order valence-electron chi connectivity index (χ1n) is 11.8. The molecule has 0 spiro atoms. The third-order valence-electron chi connectivity index (χ3n) is 8.81. The number of carbonyl (C=O) groups excluding carboxylic acids is 2. The van der Waals surface area contributed by atoms with Gasteiger partial charge in [0, 0.05) is 5.92 Å². The van der Waals surface area contributed by atoms with Crippen molar-refractivity contribution in [3.05, 3.63) is 35.9 Å². The summed E-state index contributed by atoms with van der Waals surface area (Å²) in [6.45, 7) is 3.67. The fraction of sp³-hybridized carbons (Fsp3) is 0.630. The first-order chi connectivity index (χ1) is 14.4. The summed E-state index contributed by atoms with van der Waals surface area (Å²) in [5, 5.41) is 3.02. The Labute approximate surface area is 180 Å². The third kappa shape index (κ3) is 2.95. The second-order valence-electron chi connectivity index (χ2n) is 10.7. The van der Waals surface area contributed by atoms with E-state index >= 15 is 0 Å². The highest BCUT2D eigenvalue weighted by Gasteiger charge is 2.66. The van der Waals surface area contributed by atoms with Gasteiger partial charge in [0.2, 0.25) is 5.91 Å². The van der Waals surface area contributed by atoms with Crippen LogP contribution in [-0.2, 0) is 9.59 Å². The molecule has 1 N–H and O–H groups in total. The molecule has 30 heavy (non-hydrogen) atoms. The molecular formula is C27H33NO2. The van der Waals surface area contributed by atoms with Gasteiger partial charge in [-0.05, 0) is 67.8 Å². The molecule has 4 fully saturated rings. The highest BCUT2D eigenvalue weighted by atomic mass is 16.2. The topological polar surface area (TPSA) is 46.2 Å². The summed E-state index contributed by atoms with van der Waals surface area (Å²) in [7, 11) is 0. The predicted molar refractivity (Wildman–Crippen MR) is 117 cm³/mol. The van der Waals surface area contributed by atoms with Gasteiger partial charge in [-0.1, -0.05) is 61.9 Å². The zero-order chi connectivity index (χ0) is 21.0. The number of hydrogen-bond acceptors (Lipinski definition) is 2. The number of hydrogen-bond donors (Lipinski definition) is 1. The molecule has 1 amide bonds. The van der Waals surface area contributed by atoms with Crippen molar-refractivity contribution in [3.8, 4) is 12.3 Å². The second-order valence-corrected chi connectivity index (χ2v) is 10.7. The van der Waals surface area contributed by atoms with Crippen LogP contribution >= 0.6 is 0 Å². The highest BCUT2D eigenvalue weighted by molar-refractivity contribution is 6.07. The van der Waals surface area contributed by atoms with Crippen molar-refractivity contribution in [1.82, 2.24) is 5.32 Å². The number of amides is 1. The maximum absolute atomic E-state index is 13.9. The van der Waals surface area contributed by atoms with Crippen LogP contribution in [0.1, 0.15) is 63.9 Å². The van der Waals surface area contributed by atoms with E-state index in [9.17, 15) is 9.59 Å². The van der Waals surface area contributed by atoms with E-state index in [2.05, 4.69) is 23.4 Å². The molecule has 158 valence electrons. The van der Waals surface area contributed by atoms with Gasteiger partial charge in [-0.15, -0.1) is 6.42 Å². The molecule has 1 aromatic carbocycles. The first-order valence-corrected chi connectivity index (χ1v) is 11.8. The molecule has 4 aliphatic rings. The van der Waals surface area contributed by atoms with E-state index in [0.717, 1.165) is 11.5 Å². The smallest absolute Gasteiger partial charge is 0.232 e. The molecule has 8 unspecified atom stereocenters. The molecular weight excluding hydrogens is 370 g/mol. The number of carbonyl (C=O) groups is 2. The number of terminal acetylenes is 1. The molecule has 0 heterocycles. The van der Waals surface area contributed by atoms with E-state index < -0.39 is 11.5 Å². The van der Waals surface area contributed by atoms with Crippen LogP contribution in [0.2, 0.25) is 0 Å². The SMILES string of the molecule is C#CC(C)(C)NC(=O)C1C(=O)C(c2ccccc2)C2C3CCCC4CCCC(C43)C12. The summed E-state index contributed by atoms with van der Waals surface area (Å²) < 4.78 is 0. The zero-order valence-corrected chi connectivity index (χ0v) is 18.1. The molecule has 4 aliphatic carbocycles. The number of ketones is 1. The Morgan fingerprint density at radius 3 is 2.27 bits per heavy atom. The summed E-state index contributed by atoms with van der Waals surface area (Å²) in [6.07, 6.45) is 13.2. The van der Waals surface area contributed by atoms with Crippen LogP contribution in [0.5, 0.6) is 0 Å². The van der Waals surface area contributed by atoms with Crippen LogP contribution in [0.15, 0.2) is 30.3 Å². The van der Waals surface area contributed by atoms with Crippen LogP contribution in [-0.4, -0.2) is 17.2 Å². The lowest BCUT2D eigenvalue weighted by atomic mass is 9.62. The molecule has 5 rings (SSSR count). The minimum Gasteiger partial charge on any atom is -0.340 e. The summed E-state index contributed by atoms with van der Waals surface area (Å²) in [4.78, 5) is 27.3. The van der Waals surface area contributed by atoms with Gasteiger partial charge in [0.25, 0.3) is 0 Å². The molecule has 0 radical (unpaired) electrons. The van der Waals surface area contributed by atoms with Gasteiger partial charge in [0.1, 0.15) is 5.92 Å². The van der Waals surface area contributed by atoms with Crippen LogP contribution in [0.25, 0.3) is 0 Å². The Hall–Kier alpha value is -2.08. The van der Waals surface area contributed by atoms with E-state index in [-0.39, 0.29) is 23.5 Å². The Morgan fingerprint density at radius 2 is 1.63 bits per heavy atom. The number of nitrogens with one attached hydrogen (secondary N) is 1. The standard InChI is InChI=1S/C27H33NO2/c1-4-27(2,3)28-26(30)24-23-19-15-9-13-16-12-8-14-18(20(16)19)22(23)21(25(24)29)17-10-6-5-7-11-17/h1,5-7,10-11,16,18-24H,8-9,12-15H2,2-3H3,(H,28,30). The molecule has 1 aromatic rings. The number of benzene rings is 1. The van der Waals surface area contributed by atoms with E-state index in [0.29, 0.717) is 23.7 Å². The van der Waals surface area contributed by atoms with Gasteiger partial charge in [-0.25, -0.2) is 0 Å². The van der Waals surface area contributed by atoms with Crippen molar-refractivity contribution in [2.24, 2.45) is 41.4 Å². The first kappa shape index (κ1) is 19.9. The van der Waals surface area contributed by atoms with Crippen LogP contribution in [0.4, 0.5) is 0 Å². The summed E-state index contributed by atoms with van der Waals surface area (Å²) in [5.74, 6) is 5.04. The van der Waals surface area contributed by atoms with Crippen molar-refractivity contribution in [1.29, 1.82) is 0 Å². The predicted octanol–water partition coefficient (Wildman–Crippen LogP) is 4.58. The van der Waals surface area contributed by atoms with Crippen molar-refractivity contribution in [2.75, 3.05) is 0 Å². The van der Waals surface area contributed by atoms with Crippen molar-refractivity contribution in [3.63, 3.8) is 0 Å². The highest BCUT2D eigenvalue weighted by Crippen LogP contribution is 2.67. The van der Waals surface area contributed by atoms with Gasteiger partial charge < -0.3 is 5.32 Å².